The maximum Gasteiger partial charge on any atom is 0.407 e. The summed E-state index contributed by atoms with van der Waals surface area (Å²) in [6.07, 6.45) is -0.975. The Labute approximate surface area is 347 Å². The van der Waals surface area contributed by atoms with Gasteiger partial charge in [-0.3, -0.25) is 14.4 Å². The predicted molar refractivity (Wildman–Crippen MR) is 217 cm³/mol. The van der Waals surface area contributed by atoms with Crippen molar-refractivity contribution in [3.05, 3.63) is 134 Å². The zero-order valence-corrected chi connectivity index (χ0v) is 32.8. The number of benzene rings is 3. The molecule has 3 aliphatic rings. The van der Waals surface area contributed by atoms with Gasteiger partial charge < -0.3 is 50.6 Å². The molecule has 0 bridgehead atoms. The lowest BCUT2D eigenvalue weighted by molar-refractivity contribution is -0.157. The molecule has 17 nitrogen and oxygen atoms in total. The van der Waals surface area contributed by atoms with Crippen LogP contribution < -0.4 is 33.1 Å². The number of ether oxygens (including phenoxy) is 3. The maximum absolute atomic E-state index is 14.8. The maximum atomic E-state index is 14.8. The number of fused-ring (bicyclic) bond motifs is 8. The lowest BCUT2D eigenvalue weighted by Gasteiger charge is -2.21. The highest BCUT2D eigenvalue weighted by molar-refractivity contribution is 5.89. The SMILES string of the molecule is Cc1cc2c(CN(N)/C=C(\N)CNC(=O)COCNC(=O)CNC(=O)OCC3c4ccccc4-c4ccccc43)c3c(nc2cc1F)-c1cc2c(c(=O)n1C3)COC(=O)C2O. The Morgan fingerprint density at radius 3 is 2.44 bits per heavy atom. The van der Waals surface area contributed by atoms with E-state index in [2.05, 4.69) is 16.0 Å². The van der Waals surface area contributed by atoms with Gasteiger partial charge in [0.2, 0.25) is 11.8 Å². The minimum absolute atomic E-state index is 0.0344. The van der Waals surface area contributed by atoms with E-state index in [-0.39, 0.29) is 68.9 Å². The average Bonchev–Trinajstić information content (AvgIpc) is 3.78. The van der Waals surface area contributed by atoms with Crippen LogP contribution in [0.25, 0.3) is 33.4 Å². The third kappa shape index (κ3) is 8.10. The highest BCUT2D eigenvalue weighted by Crippen LogP contribution is 2.44. The highest BCUT2D eigenvalue weighted by Gasteiger charge is 2.35. The Hall–Kier alpha value is -7.15. The van der Waals surface area contributed by atoms with Crippen molar-refractivity contribution in [2.24, 2.45) is 11.6 Å². The summed E-state index contributed by atoms with van der Waals surface area (Å²) in [6, 6.07) is 20.4. The number of aliphatic hydroxyl groups excluding tert-OH is 1. The number of aromatic nitrogens is 2. The van der Waals surface area contributed by atoms with E-state index in [9.17, 15) is 33.5 Å². The Balaban J connectivity index is 0.810. The van der Waals surface area contributed by atoms with Crippen molar-refractivity contribution in [3.8, 4) is 22.5 Å². The summed E-state index contributed by atoms with van der Waals surface area (Å²) in [5.74, 6) is 3.83. The van der Waals surface area contributed by atoms with Gasteiger partial charge in [-0.1, -0.05) is 48.5 Å². The number of carbonyl (C=O) groups is 4. The Kier molecular flexibility index (Phi) is 11.2. The molecule has 0 radical (unpaired) electrons. The summed E-state index contributed by atoms with van der Waals surface area (Å²) < 4.78 is 31.9. The van der Waals surface area contributed by atoms with Crippen molar-refractivity contribution in [2.45, 2.75) is 38.6 Å². The second-order valence-electron chi connectivity index (χ2n) is 14.8. The number of rotatable bonds is 13. The number of cyclic esters (lactones) is 1. The van der Waals surface area contributed by atoms with Gasteiger partial charge in [-0.2, -0.15) is 0 Å². The molecule has 3 amide bonds. The molecule has 61 heavy (non-hydrogen) atoms. The summed E-state index contributed by atoms with van der Waals surface area (Å²) in [6.45, 7) is 0.366. The van der Waals surface area contributed by atoms with Gasteiger partial charge in [-0.15, -0.1) is 0 Å². The molecule has 314 valence electrons. The minimum Gasteiger partial charge on any atom is -0.458 e. The lowest BCUT2D eigenvalue weighted by atomic mass is 9.97. The van der Waals surface area contributed by atoms with Crippen LogP contribution in [0.2, 0.25) is 0 Å². The van der Waals surface area contributed by atoms with Gasteiger partial charge in [-0.05, 0) is 52.4 Å². The number of carbonyl (C=O) groups excluding carboxylic acids is 4. The van der Waals surface area contributed by atoms with Crippen molar-refractivity contribution < 1.29 is 42.9 Å². The molecule has 0 saturated heterocycles. The van der Waals surface area contributed by atoms with Gasteiger partial charge in [0, 0.05) is 40.4 Å². The Morgan fingerprint density at radius 2 is 1.70 bits per heavy atom. The number of amides is 3. The number of alkyl carbamates (subject to hydrolysis) is 1. The van der Waals surface area contributed by atoms with Crippen molar-refractivity contribution in [2.75, 3.05) is 33.0 Å². The molecule has 0 fully saturated rings. The van der Waals surface area contributed by atoms with Gasteiger partial charge in [-0.25, -0.2) is 24.8 Å². The predicted octanol–water partition coefficient (Wildman–Crippen LogP) is 2.18. The first kappa shape index (κ1) is 40.6. The fourth-order valence-electron chi connectivity index (χ4n) is 7.90. The van der Waals surface area contributed by atoms with Gasteiger partial charge >= 0.3 is 12.1 Å². The Bertz CT molecular complexity index is 2670. The molecule has 0 saturated carbocycles. The first-order chi connectivity index (χ1) is 29.4. The molecule has 0 spiro atoms. The van der Waals surface area contributed by atoms with Crippen LogP contribution in [0.4, 0.5) is 9.18 Å². The fraction of sp³-hybridized carbons (Fsp3) is 0.256. The van der Waals surface area contributed by atoms with Crippen LogP contribution in [0.3, 0.4) is 0 Å². The average molecular weight is 833 g/mol. The number of pyridine rings is 2. The summed E-state index contributed by atoms with van der Waals surface area (Å²) in [7, 11) is 0. The molecular weight excluding hydrogens is 792 g/mol. The third-order valence-corrected chi connectivity index (χ3v) is 10.9. The normalized spacial score (nSPS) is 14.9. The number of aliphatic hydroxyl groups is 1. The lowest BCUT2D eigenvalue weighted by Crippen LogP contribution is -2.39. The van der Waals surface area contributed by atoms with Crippen LogP contribution in [0.5, 0.6) is 0 Å². The van der Waals surface area contributed by atoms with Crippen molar-refractivity contribution in [1.29, 1.82) is 0 Å². The van der Waals surface area contributed by atoms with E-state index in [0.717, 1.165) is 22.3 Å². The van der Waals surface area contributed by atoms with Crippen molar-refractivity contribution in [1.82, 2.24) is 30.5 Å². The molecule has 1 aliphatic carbocycles. The largest absolute Gasteiger partial charge is 0.458 e. The summed E-state index contributed by atoms with van der Waals surface area (Å²) >= 11 is 0. The van der Waals surface area contributed by atoms with Gasteiger partial charge in [0.05, 0.1) is 42.1 Å². The molecule has 18 heteroatoms. The molecule has 3 aromatic carbocycles. The number of nitrogens with one attached hydrogen (secondary N) is 3. The molecule has 2 aliphatic heterocycles. The second kappa shape index (κ2) is 16.8. The smallest absolute Gasteiger partial charge is 0.407 e. The summed E-state index contributed by atoms with van der Waals surface area (Å²) in [5, 5.41) is 19.8. The second-order valence-corrected chi connectivity index (χ2v) is 14.8. The van der Waals surface area contributed by atoms with E-state index >= 15 is 0 Å². The van der Waals surface area contributed by atoms with Crippen LogP contribution in [0.15, 0.2) is 83.4 Å². The number of esters is 1. The Morgan fingerprint density at radius 1 is 0.984 bits per heavy atom. The summed E-state index contributed by atoms with van der Waals surface area (Å²) in [4.78, 5) is 67.5. The number of nitrogens with two attached hydrogens (primary N) is 2. The molecule has 8 N–H and O–H groups in total. The van der Waals surface area contributed by atoms with E-state index in [1.165, 1.54) is 27.9 Å². The molecule has 1 unspecified atom stereocenters. The molecule has 4 heterocycles. The molecular formula is C43H41FN8O9. The van der Waals surface area contributed by atoms with Crippen LogP contribution in [-0.4, -0.2) is 76.6 Å². The molecule has 1 atom stereocenters. The first-order valence-corrected chi connectivity index (χ1v) is 19.3. The number of hydrogen-bond acceptors (Lipinski definition) is 13. The number of hydrogen-bond donors (Lipinski definition) is 6. The number of nitrogens with zero attached hydrogens (tertiary/aromatic N) is 3. The van der Waals surface area contributed by atoms with E-state index in [4.69, 9.17) is 30.8 Å². The molecule has 8 rings (SSSR count). The standard InChI is InChI=1S/C43H41FN8O9/c1-22-10-28-30(31-17-52-36(39(31)50-35(28)12-34(22)44)11-29-33(41(52)56)19-60-42(57)40(29)55)16-51(46)15-23(45)13-47-38(54)20-59-21-49-37(53)14-48-43(58)61-18-32-26-8-4-2-6-24(26)25-7-3-5-9-27(25)32/h2-12,15,32,40,55H,13-14,16-21,45-46H2,1H3,(H,47,54)(H,48,58)(H,49,53)/b23-15-. The molecule has 2 aromatic heterocycles. The monoisotopic (exact) mass is 832 g/mol. The third-order valence-electron chi connectivity index (χ3n) is 10.9. The number of aryl methyl sites for hydroxylation is 1. The fourth-order valence-corrected chi connectivity index (χ4v) is 7.90. The highest BCUT2D eigenvalue weighted by atomic mass is 19.1. The van der Waals surface area contributed by atoms with Gasteiger partial charge in [0.15, 0.2) is 6.10 Å². The van der Waals surface area contributed by atoms with Gasteiger partial charge in [0.1, 0.15) is 38.9 Å². The zero-order chi connectivity index (χ0) is 42.9. The van der Waals surface area contributed by atoms with Crippen LogP contribution >= 0.6 is 0 Å². The topological polar surface area (TPSA) is 242 Å². The van der Waals surface area contributed by atoms with E-state index in [0.29, 0.717) is 39.0 Å². The number of hydrazine groups is 1. The van der Waals surface area contributed by atoms with Crippen LogP contribution in [-0.2, 0) is 48.3 Å². The van der Waals surface area contributed by atoms with Crippen molar-refractivity contribution in [3.63, 3.8) is 0 Å². The quantitative estimate of drug-likeness (QED) is 0.0322. The number of halogens is 1. The minimum atomic E-state index is -1.63. The van der Waals surface area contributed by atoms with Crippen LogP contribution in [0, 0.1) is 12.7 Å². The van der Waals surface area contributed by atoms with Crippen LogP contribution in [0.1, 0.15) is 51.0 Å². The van der Waals surface area contributed by atoms with Gasteiger partial charge in [0.25, 0.3) is 5.56 Å². The van der Waals surface area contributed by atoms with E-state index < -0.39 is 48.0 Å². The first-order valence-electron chi connectivity index (χ1n) is 19.3. The summed E-state index contributed by atoms with van der Waals surface area (Å²) in [5.41, 5.74) is 13.2. The van der Waals surface area contributed by atoms with Crippen molar-refractivity contribution >= 4 is 34.8 Å². The van der Waals surface area contributed by atoms with E-state index in [1.54, 1.807) is 13.0 Å². The molecule has 5 aromatic rings. The van der Waals surface area contributed by atoms with E-state index in [1.807, 2.05) is 48.5 Å². The zero-order valence-electron chi connectivity index (χ0n) is 32.8.